The minimum atomic E-state index is -2.74. The third-order valence-electron chi connectivity index (χ3n) is 9.71. The number of rotatable bonds is 8. The molecule has 2 atom stereocenters. The fraction of sp³-hybridized carbons (Fsp3) is 0.500. The molecule has 3 fully saturated rings. The van der Waals surface area contributed by atoms with Crippen LogP contribution in [0.3, 0.4) is 0 Å². The van der Waals surface area contributed by atoms with Crippen LogP contribution < -0.4 is 25.7 Å². The molecule has 0 amide bonds. The topological polar surface area (TPSA) is 116 Å². The number of benzene rings is 1. The highest BCUT2D eigenvalue weighted by Gasteiger charge is 2.41. The number of fused-ring (bicyclic) bond motifs is 2. The van der Waals surface area contributed by atoms with E-state index in [0.717, 1.165) is 36.4 Å². The zero-order valence-electron chi connectivity index (χ0n) is 27.1. The molecule has 244 valence electrons. The number of likely N-dealkylation sites (tertiary alicyclic amines) is 2. The second-order valence-electron chi connectivity index (χ2n) is 13.3. The van der Waals surface area contributed by atoms with Crippen molar-refractivity contribution in [2.75, 3.05) is 82.3 Å². The Morgan fingerprint density at radius 3 is 2.43 bits per heavy atom. The highest BCUT2D eigenvalue weighted by atomic mass is 79.9. The first-order chi connectivity index (χ1) is 22.1. The summed E-state index contributed by atoms with van der Waals surface area (Å²) >= 11 is 3.57. The third-order valence-corrected chi connectivity index (χ3v) is 11.7. The average molecular weight is 710 g/mol. The van der Waals surface area contributed by atoms with Crippen molar-refractivity contribution in [2.24, 2.45) is 11.8 Å². The maximum Gasteiger partial charge on any atom is 0.229 e. The molecule has 0 bridgehead atoms. The first-order valence-electron chi connectivity index (χ1n) is 15.9. The highest BCUT2D eigenvalue weighted by molar-refractivity contribution is 9.10. The summed E-state index contributed by atoms with van der Waals surface area (Å²) in [6.07, 6.45) is 5.53. The van der Waals surface area contributed by atoms with E-state index in [4.69, 9.17) is 9.72 Å². The predicted octanol–water partition coefficient (Wildman–Crippen LogP) is 4.80. The summed E-state index contributed by atoms with van der Waals surface area (Å²) in [5.74, 6) is 3.36. The lowest BCUT2D eigenvalue weighted by atomic mass is 10.0. The standard InChI is InChI=1S/C32H42BrN10O2P/c1-20-12-26(28(45-3)13-27(20)41-10-8-23(9-11-41)42-17-21-15-40(2)16-22(21)18-42)38-32-34-14-24(33)30(39-32)37-25-6-7-29-35-19-36-43(29)31(25)46(4,5)44/h6-7,12-14,19,21-23H,8-11,15-18H2,1-5H3,(H2,34,37,38,39). The number of aromatic nitrogens is 5. The summed E-state index contributed by atoms with van der Waals surface area (Å²) in [5.41, 5.74) is 5.00. The molecule has 7 rings (SSSR count). The maximum absolute atomic E-state index is 13.3. The van der Waals surface area contributed by atoms with Gasteiger partial charge in [0.25, 0.3) is 0 Å². The second-order valence-corrected chi connectivity index (χ2v) is 17.3. The quantitative estimate of drug-likeness (QED) is 0.246. The Morgan fingerprint density at radius 1 is 1.00 bits per heavy atom. The van der Waals surface area contributed by atoms with Crippen molar-refractivity contribution in [1.82, 2.24) is 34.4 Å². The molecule has 0 spiro atoms. The molecule has 0 aliphatic carbocycles. The summed E-state index contributed by atoms with van der Waals surface area (Å²) in [6, 6.07) is 8.60. The molecule has 4 aromatic rings. The van der Waals surface area contributed by atoms with Gasteiger partial charge >= 0.3 is 0 Å². The number of methoxy groups -OCH3 is 1. The van der Waals surface area contributed by atoms with E-state index >= 15 is 0 Å². The van der Waals surface area contributed by atoms with Crippen molar-refractivity contribution >= 4 is 63.0 Å². The van der Waals surface area contributed by atoms with Crippen molar-refractivity contribution < 1.29 is 9.30 Å². The van der Waals surface area contributed by atoms with Gasteiger partial charge in [0.05, 0.1) is 23.0 Å². The molecular formula is C32H42BrN10O2P. The van der Waals surface area contributed by atoms with Crippen LogP contribution in [0.25, 0.3) is 5.65 Å². The van der Waals surface area contributed by atoms with E-state index in [9.17, 15) is 4.57 Å². The van der Waals surface area contributed by atoms with E-state index in [2.05, 4.69) is 82.4 Å². The molecule has 1 aromatic carbocycles. The molecule has 3 aromatic heterocycles. The molecule has 14 heteroatoms. The molecule has 0 radical (unpaired) electrons. The minimum Gasteiger partial charge on any atom is -0.494 e. The summed E-state index contributed by atoms with van der Waals surface area (Å²) in [7, 11) is 1.22. The molecule has 3 aliphatic rings. The Labute approximate surface area is 278 Å². The molecular weight excluding hydrogens is 667 g/mol. The molecule has 12 nitrogen and oxygen atoms in total. The number of nitrogens with zero attached hydrogens (tertiary/aromatic N) is 8. The van der Waals surface area contributed by atoms with Gasteiger partial charge in [-0.25, -0.2) is 14.5 Å². The Kier molecular flexibility index (Phi) is 8.46. The summed E-state index contributed by atoms with van der Waals surface area (Å²) in [5, 5.41) is 11.0. The van der Waals surface area contributed by atoms with Crippen LogP contribution >= 0.6 is 23.1 Å². The van der Waals surface area contributed by atoms with Crippen LogP contribution in [0, 0.1) is 18.8 Å². The smallest absolute Gasteiger partial charge is 0.229 e. The fourth-order valence-electron chi connectivity index (χ4n) is 7.57. The van der Waals surface area contributed by atoms with Gasteiger partial charge in [0.2, 0.25) is 5.95 Å². The predicted molar refractivity (Wildman–Crippen MR) is 187 cm³/mol. The monoisotopic (exact) mass is 708 g/mol. The molecule has 2 unspecified atom stereocenters. The second kappa shape index (κ2) is 12.4. The zero-order chi connectivity index (χ0) is 32.2. The van der Waals surface area contributed by atoms with E-state index < -0.39 is 7.14 Å². The molecule has 6 heterocycles. The number of ether oxygens (including phenoxy) is 1. The lowest BCUT2D eigenvalue weighted by Crippen LogP contribution is -2.45. The number of pyridine rings is 1. The SMILES string of the molecule is COc1cc(N2CCC(N3CC4CN(C)CC4C3)CC2)c(C)cc1Nc1ncc(Br)c(Nc2ccc3ncnn3c2P(C)(C)=O)n1. The van der Waals surface area contributed by atoms with Crippen molar-refractivity contribution in [1.29, 1.82) is 0 Å². The van der Waals surface area contributed by atoms with Gasteiger partial charge in [0.15, 0.2) is 5.65 Å². The first-order valence-corrected chi connectivity index (χ1v) is 19.3. The van der Waals surface area contributed by atoms with E-state index in [1.807, 2.05) is 12.1 Å². The van der Waals surface area contributed by atoms with Crippen LogP contribution in [-0.4, -0.2) is 107 Å². The third kappa shape index (κ3) is 6.10. The van der Waals surface area contributed by atoms with E-state index in [-0.39, 0.29) is 0 Å². The van der Waals surface area contributed by atoms with Crippen LogP contribution in [0.15, 0.2) is 41.3 Å². The first kappa shape index (κ1) is 31.4. The summed E-state index contributed by atoms with van der Waals surface area (Å²) in [6.45, 7) is 12.7. The maximum atomic E-state index is 13.3. The summed E-state index contributed by atoms with van der Waals surface area (Å²) < 4.78 is 21.4. The number of anilines is 5. The van der Waals surface area contributed by atoms with Crippen molar-refractivity contribution in [3.63, 3.8) is 0 Å². The van der Waals surface area contributed by atoms with Crippen LogP contribution in [-0.2, 0) is 4.57 Å². The molecule has 46 heavy (non-hydrogen) atoms. The van der Waals surface area contributed by atoms with E-state index in [1.54, 1.807) is 31.2 Å². The number of nitrogens with one attached hydrogen (secondary N) is 2. The van der Waals surface area contributed by atoms with Crippen molar-refractivity contribution in [3.05, 3.63) is 46.8 Å². The Bertz CT molecular complexity index is 1790. The number of aryl methyl sites for hydroxylation is 1. The average Bonchev–Trinajstić information content (AvgIpc) is 3.73. The molecule has 0 saturated carbocycles. The normalized spacial score (nSPS) is 21.2. The number of hydrogen-bond donors (Lipinski definition) is 2. The largest absolute Gasteiger partial charge is 0.494 e. The van der Waals surface area contributed by atoms with E-state index in [1.165, 1.54) is 56.6 Å². The Morgan fingerprint density at radius 2 is 1.74 bits per heavy atom. The highest BCUT2D eigenvalue weighted by Crippen LogP contribution is 2.40. The van der Waals surface area contributed by atoms with Gasteiger partial charge in [0.1, 0.15) is 30.5 Å². The van der Waals surface area contributed by atoms with Crippen LogP contribution in [0.1, 0.15) is 18.4 Å². The molecule has 2 N–H and O–H groups in total. The lowest BCUT2D eigenvalue weighted by molar-refractivity contribution is 0.184. The van der Waals surface area contributed by atoms with Crippen molar-refractivity contribution in [2.45, 2.75) is 25.8 Å². The number of piperidine rings is 1. The zero-order valence-corrected chi connectivity index (χ0v) is 29.6. The van der Waals surface area contributed by atoms with Crippen LogP contribution in [0.4, 0.5) is 28.8 Å². The number of hydrogen-bond acceptors (Lipinski definition) is 11. The minimum absolute atomic E-state index is 0.401. The van der Waals surface area contributed by atoms with Gasteiger partial charge in [-0.05, 0) is 91.7 Å². The van der Waals surface area contributed by atoms with Crippen LogP contribution in [0.2, 0.25) is 0 Å². The van der Waals surface area contributed by atoms with Gasteiger partial charge in [-0.1, -0.05) is 0 Å². The van der Waals surface area contributed by atoms with Gasteiger partial charge in [-0.15, -0.1) is 0 Å². The van der Waals surface area contributed by atoms with Gasteiger partial charge in [-0.3, -0.25) is 4.90 Å². The van der Waals surface area contributed by atoms with Gasteiger partial charge in [-0.2, -0.15) is 10.1 Å². The number of halogens is 1. The molecule has 3 saturated heterocycles. The lowest BCUT2D eigenvalue weighted by Gasteiger charge is -2.39. The van der Waals surface area contributed by atoms with Crippen molar-refractivity contribution in [3.8, 4) is 5.75 Å². The van der Waals surface area contributed by atoms with Gasteiger partial charge in [0, 0.05) is 63.3 Å². The van der Waals surface area contributed by atoms with Crippen LogP contribution in [0.5, 0.6) is 5.75 Å². The Balaban J connectivity index is 1.06. The fourth-order valence-corrected chi connectivity index (χ4v) is 9.18. The molecule has 3 aliphatic heterocycles. The Hall–Kier alpha value is -3.25. The van der Waals surface area contributed by atoms with E-state index in [0.29, 0.717) is 39.1 Å². The van der Waals surface area contributed by atoms with Gasteiger partial charge < -0.3 is 29.7 Å². The summed E-state index contributed by atoms with van der Waals surface area (Å²) in [4.78, 5) is 21.3.